The second-order valence-electron chi connectivity index (χ2n) is 7.51. The summed E-state index contributed by atoms with van der Waals surface area (Å²) in [4.78, 5) is 28.3. The Morgan fingerprint density at radius 1 is 1.07 bits per heavy atom. The fourth-order valence-electron chi connectivity index (χ4n) is 3.78. The van der Waals surface area contributed by atoms with Gasteiger partial charge in [0.15, 0.2) is 0 Å². The summed E-state index contributed by atoms with van der Waals surface area (Å²) >= 11 is 0. The quantitative estimate of drug-likeness (QED) is 0.713. The predicted octanol–water partition coefficient (Wildman–Crippen LogP) is 2.78. The van der Waals surface area contributed by atoms with E-state index >= 15 is 0 Å². The molecule has 2 aromatic carbocycles. The molecule has 0 bridgehead atoms. The van der Waals surface area contributed by atoms with E-state index in [2.05, 4.69) is 4.90 Å². The van der Waals surface area contributed by atoms with Gasteiger partial charge in [-0.15, -0.1) is 0 Å². The standard InChI is InChI=1S/C22H21F2N3O3/c1-25-6-8-26(9-7-25)20-11-19-15(10-18(20)24)21(28)16(22(29)30)13-27(19)12-14-4-2-3-5-17(14)23/h2-5,10-11,13H,6-9,12H2,1H3,(H,29,30). The maximum absolute atomic E-state index is 14.9. The van der Waals surface area contributed by atoms with E-state index in [4.69, 9.17) is 0 Å². The molecule has 3 aromatic rings. The maximum atomic E-state index is 14.9. The summed E-state index contributed by atoms with van der Waals surface area (Å²) in [5.41, 5.74) is -0.190. The molecular formula is C22H21F2N3O3. The highest BCUT2D eigenvalue weighted by Gasteiger charge is 2.22. The van der Waals surface area contributed by atoms with Gasteiger partial charge in [-0.1, -0.05) is 18.2 Å². The minimum absolute atomic E-state index is 0.0115. The fraction of sp³-hybridized carbons (Fsp3) is 0.273. The molecule has 1 fully saturated rings. The van der Waals surface area contributed by atoms with Crippen LogP contribution in [0.2, 0.25) is 0 Å². The molecule has 30 heavy (non-hydrogen) atoms. The summed E-state index contributed by atoms with van der Waals surface area (Å²) < 4.78 is 30.6. The van der Waals surface area contributed by atoms with Crippen LogP contribution >= 0.6 is 0 Å². The van der Waals surface area contributed by atoms with E-state index in [0.29, 0.717) is 29.9 Å². The Morgan fingerprint density at radius 2 is 1.77 bits per heavy atom. The number of benzene rings is 2. The van der Waals surface area contributed by atoms with Gasteiger partial charge in [0, 0.05) is 43.3 Å². The molecule has 8 heteroatoms. The van der Waals surface area contributed by atoms with E-state index in [9.17, 15) is 23.5 Å². The number of fused-ring (bicyclic) bond motifs is 1. The molecule has 6 nitrogen and oxygen atoms in total. The van der Waals surface area contributed by atoms with Crippen LogP contribution in [0.4, 0.5) is 14.5 Å². The minimum Gasteiger partial charge on any atom is -0.477 e. The normalized spacial score (nSPS) is 15.0. The number of carboxylic acids is 1. The topological polar surface area (TPSA) is 65.8 Å². The molecule has 0 unspecified atom stereocenters. The number of rotatable bonds is 4. The summed E-state index contributed by atoms with van der Waals surface area (Å²) in [5, 5.41) is 9.39. The number of halogens is 2. The molecule has 1 aromatic heterocycles. The smallest absolute Gasteiger partial charge is 0.341 e. The molecular weight excluding hydrogens is 392 g/mol. The molecule has 156 valence electrons. The Balaban J connectivity index is 1.90. The number of aromatic nitrogens is 1. The molecule has 1 saturated heterocycles. The van der Waals surface area contributed by atoms with Gasteiger partial charge in [-0.25, -0.2) is 13.6 Å². The van der Waals surface area contributed by atoms with Crippen molar-refractivity contribution in [2.24, 2.45) is 0 Å². The fourth-order valence-corrected chi connectivity index (χ4v) is 3.78. The van der Waals surface area contributed by atoms with Gasteiger partial charge in [0.05, 0.1) is 17.7 Å². The lowest BCUT2D eigenvalue weighted by Crippen LogP contribution is -2.44. The lowest BCUT2D eigenvalue weighted by Gasteiger charge is -2.34. The zero-order valence-electron chi connectivity index (χ0n) is 16.4. The molecule has 1 aliphatic heterocycles. The van der Waals surface area contributed by atoms with Crippen molar-refractivity contribution in [2.75, 3.05) is 38.1 Å². The highest BCUT2D eigenvalue weighted by Crippen LogP contribution is 2.27. The molecule has 4 rings (SSSR count). The molecule has 0 atom stereocenters. The number of hydrogen-bond donors (Lipinski definition) is 1. The number of anilines is 1. The lowest BCUT2D eigenvalue weighted by atomic mass is 10.1. The van der Waals surface area contributed by atoms with Gasteiger partial charge in [0.1, 0.15) is 17.2 Å². The van der Waals surface area contributed by atoms with Gasteiger partial charge in [-0.05, 0) is 25.2 Å². The van der Waals surface area contributed by atoms with Crippen LogP contribution in [0, 0.1) is 11.6 Å². The summed E-state index contributed by atoms with van der Waals surface area (Å²) in [7, 11) is 1.99. The molecule has 1 N–H and O–H groups in total. The summed E-state index contributed by atoms with van der Waals surface area (Å²) in [6.45, 7) is 2.82. The number of likely N-dealkylation sites (N-methyl/N-ethyl adjacent to an activating group) is 1. The van der Waals surface area contributed by atoms with Crippen molar-refractivity contribution >= 4 is 22.6 Å². The van der Waals surface area contributed by atoms with Crippen LogP contribution in [0.3, 0.4) is 0 Å². The second kappa shape index (κ2) is 7.87. The van der Waals surface area contributed by atoms with Gasteiger partial charge < -0.3 is 19.5 Å². The molecule has 0 saturated carbocycles. The van der Waals surface area contributed by atoms with Crippen LogP contribution in [-0.4, -0.2) is 53.8 Å². The summed E-state index contributed by atoms with van der Waals surface area (Å²) in [6, 6.07) is 8.79. The van der Waals surface area contributed by atoms with E-state index < -0.39 is 28.6 Å². The number of carboxylic acid groups (broad SMARTS) is 1. The van der Waals surface area contributed by atoms with E-state index in [1.54, 1.807) is 24.3 Å². The molecule has 0 spiro atoms. The highest BCUT2D eigenvalue weighted by atomic mass is 19.1. The van der Waals surface area contributed by atoms with Gasteiger partial charge in [0.25, 0.3) is 0 Å². The SMILES string of the molecule is CN1CCN(c2cc3c(cc2F)c(=O)c(C(=O)O)cn3Cc2ccccc2F)CC1. The van der Waals surface area contributed by atoms with Gasteiger partial charge in [-0.3, -0.25) is 4.79 Å². The van der Waals surface area contributed by atoms with E-state index in [-0.39, 0.29) is 11.9 Å². The van der Waals surface area contributed by atoms with Crippen molar-refractivity contribution in [3.05, 3.63) is 75.6 Å². The number of aromatic carboxylic acids is 1. The first-order chi connectivity index (χ1) is 14.3. The molecule has 0 radical (unpaired) electrons. The van der Waals surface area contributed by atoms with Crippen molar-refractivity contribution in [1.29, 1.82) is 0 Å². The number of pyridine rings is 1. The molecule has 0 aliphatic carbocycles. The third kappa shape index (κ3) is 3.66. The number of hydrogen-bond acceptors (Lipinski definition) is 4. The predicted molar refractivity (Wildman–Crippen MR) is 110 cm³/mol. The Labute approximate surface area is 171 Å². The summed E-state index contributed by atoms with van der Waals surface area (Å²) in [6.07, 6.45) is 1.20. The zero-order chi connectivity index (χ0) is 21.4. The van der Waals surface area contributed by atoms with E-state index in [0.717, 1.165) is 19.2 Å². The monoisotopic (exact) mass is 413 g/mol. The van der Waals surface area contributed by atoms with Crippen molar-refractivity contribution in [3.63, 3.8) is 0 Å². The van der Waals surface area contributed by atoms with Crippen LogP contribution in [0.1, 0.15) is 15.9 Å². The zero-order valence-corrected chi connectivity index (χ0v) is 16.4. The Hall–Kier alpha value is -3.26. The third-order valence-corrected chi connectivity index (χ3v) is 5.52. The van der Waals surface area contributed by atoms with Crippen molar-refractivity contribution in [2.45, 2.75) is 6.54 Å². The first kappa shape index (κ1) is 20.0. The van der Waals surface area contributed by atoms with Gasteiger partial charge in [-0.2, -0.15) is 0 Å². The molecule has 0 amide bonds. The number of nitrogens with zero attached hydrogens (tertiary/aromatic N) is 3. The average Bonchev–Trinajstić information content (AvgIpc) is 2.72. The average molecular weight is 413 g/mol. The Bertz CT molecular complexity index is 1180. The van der Waals surface area contributed by atoms with Crippen LogP contribution in [0.5, 0.6) is 0 Å². The Kier molecular flexibility index (Phi) is 5.26. The first-order valence-corrected chi connectivity index (χ1v) is 9.62. The third-order valence-electron chi connectivity index (χ3n) is 5.52. The van der Waals surface area contributed by atoms with Crippen LogP contribution < -0.4 is 10.3 Å². The maximum Gasteiger partial charge on any atom is 0.341 e. The highest BCUT2D eigenvalue weighted by molar-refractivity contribution is 5.93. The lowest BCUT2D eigenvalue weighted by molar-refractivity contribution is 0.0695. The van der Waals surface area contributed by atoms with Crippen molar-refractivity contribution in [3.8, 4) is 0 Å². The molecule has 2 heterocycles. The van der Waals surface area contributed by atoms with E-state index in [1.807, 2.05) is 11.9 Å². The molecule has 1 aliphatic rings. The largest absolute Gasteiger partial charge is 0.477 e. The van der Waals surface area contributed by atoms with Crippen molar-refractivity contribution < 1.29 is 18.7 Å². The minimum atomic E-state index is -1.41. The van der Waals surface area contributed by atoms with Gasteiger partial charge in [0.2, 0.25) is 5.43 Å². The number of carbonyl (C=O) groups is 1. The number of piperazine rings is 1. The summed E-state index contributed by atoms with van der Waals surface area (Å²) in [5.74, 6) is -2.43. The van der Waals surface area contributed by atoms with Gasteiger partial charge >= 0.3 is 5.97 Å². The first-order valence-electron chi connectivity index (χ1n) is 9.62. The second-order valence-corrected chi connectivity index (χ2v) is 7.51. The van der Waals surface area contributed by atoms with Crippen molar-refractivity contribution in [1.82, 2.24) is 9.47 Å². The van der Waals surface area contributed by atoms with Crippen LogP contribution in [-0.2, 0) is 6.54 Å². The van der Waals surface area contributed by atoms with E-state index in [1.165, 1.54) is 16.8 Å². The van der Waals surface area contributed by atoms with Crippen LogP contribution in [0.25, 0.3) is 10.9 Å². The Morgan fingerprint density at radius 3 is 2.43 bits per heavy atom. The van der Waals surface area contributed by atoms with Crippen LogP contribution in [0.15, 0.2) is 47.4 Å².